The SMILES string of the molecule is C[C@@H](NS(=O)(=O)CCc1ccnc(N2CC(=O)NC2=O)c1)c1ccc(F)c(OCC2CC2)c1. The highest BCUT2D eigenvalue weighted by molar-refractivity contribution is 7.89. The molecular weight excluding hydrogens is 451 g/mol. The molecule has 2 heterocycles. The van der Waals surface area contributed by atoms with E-state index in [0.29, 0.717) is 23.7 Å². The number of anilines is 1. The summed E-state index contributed by atoms with van der Waals surface area (Å²) in [6.45, 7) is 2.02. The Morgan fingerprint density at radius 1 is 1.27 bits per heavy atom. The summed E-state index contributed by atoms with van der Waals surface area (Å²) < 4.78 is 47.5. The fourth-order valence-corrected chi connectivity index (χ4v) is 4.73. The Morgan fingerprint density at radius 2 is 2.06 bits per heavy atom. The van der Waals surface area contributed by atoms with Gasteiger partial charge >= 0.3 is 6.03 Å². The van der Waals surface area contributed by atoms with Crippen LogP contribution >= 0.6 is 0 Å². The maximum atomic E-state index is 14.0. The lowest BCUT2D eigenvalue weighted by molar-refractivity contribution is -0.117. The number of hydrogen-bond donors (Lipinski definition) is 2. The lowest BCUT2D eigenvalue weighted by Gasteiger charge is -2.17. The fraction of sp³-hybridized carbons (Fsp3) is 0.409. The number of ether oxygens (including phenoxy) is 1. The summed E-state index contributed by atoms with van der Waals surface area (Å²) in [5.41, 5.74) is 1.25. The van der Waals surface area contributed by atoms with E-state index in [9.17, 15) is 22.4 Å². The minimum Gasteiger partial charge on any atom is -0.490 e. The Balaban J connectivity index is 1.36. The monoisotopic (exact) mass is 476 g/mol. The first-order valence-electron chi connectivity index (χ1n) is 10.7. The summed E-state index contributed by atoms with van der Waals surface area (Å²) in [4.78, 5) is 28.5. The number of carbonyl (C=O) groups is 2. The molecule has 2 N–H and O–H groups in total. The van der Waals surface area contributed by atoms with Gasteiger partial charge in [0.2, 0.25) is 15.9 Å². The molecule has 1 aromatic carbocycles. The van der Waals surface area contributed by atoms with Gasteiger partial charge in [-0.25, -0.2) is 27.3 Å². The van der Waals surface area contributed by atoms with Crippen molar-refractivity contribution in [2.45, 2.75) is 32.2 Å². The molecule has 9 nitrogen and oxygen atoms in total. The van der Waals surface area contributed by atoms with Crippen molar-refractivity contribution in [1.82, 2.24) is 15.0 Å². The minimum atomic E-state index is -3.67. The predicted molar refractivity (Wildman–Crippen MR) is 119 cm³/mol. The number of nitrogens with zero attached hydrogens (tertiary/aromatic N) is 2. The topological polar surface area (TPSA) is 118 Å². The largest absolute Gasteiger partial charge is 0.490 e. The van der Waals surface area contributed by atoms with E-state index in [1.54, 1.807) is 19.1 Å². The number of imide groups is 1. The van der Waals surface area contributed by atoms with Gasteiger partial charge in [-0.05, 0) is 67.5 Å². The van der Waals surface area contributed by atoms with Crippen molar-refractivity contribution in [3.63, 3.8) is 0 Å². The average molecular weight is 477 g/mol. The molecule has 4 rings (SSSR count). The van der Waals surface area contributed by atoms with Crippen LogP contribution in [0.3, 0.4) is 0 Å². The molecule has 2 aliphatic rings. The van der Waals surface area contributed by atoms with Gasteiger partial charge < -0.3 is 4.74 Å². The molecule has 0 bridgehead atoms. The molecule has 3 amide bonds. The van der Waals surface area contributed by atoms with Crippen molar-refractivity contribution in [2.75, 3.05) is 23.8 Å². The van der Waals surface area contributed by atoms with Crippen LogP contribution in [0, 0.1) is 11.7 Å². The number of benzene rings is 1. The van der Waals surface area contributed by atoms with Crippen LogP contribution in [0.1, 0.15) is 36.9 Å². The van der Waals surface area contributed by atoms with E-state index >= 15 is 0 Å². The molecule has 1 aliphatic carbocycles. The maximum Gasteiger partial charge on any atom is 0.330 e. The minimum absolute atomic E-state index is 0.124. The molecular formula is C22H25FN4O5S. The number of amides is 3. The molecule has 1 aromatic heterocycles. The highest BCUT2D eigenvalue weighted by Crippen LogP contribution is 2.31. The highest BCUT2D eigenvalue weighted by Gasteiger charge is 2.29. The second-order valence-electron chi connectivity index (χ2n) is 8.31. The number of rotatable bonds is 10. The second-order valence-corrected chi connectivity index (χ2v) is 10.2. The van der Waals surface area contributed by atoms with Gasteiger partial charge in [-0.3, -0.25) is 15.0 Å². The number of pyridine rings is 1. The third kappa shape index (κ3) is 6.05. The third-order valence-electron chi connectivity index (χ3n) is 5.52. The molecule has 2 fully saturated rings. The van der Waals surface area contributed by atoms with E-state index in [0.717, 1.165) is 12.8 Å². The van der Waals surface area contributed by atoms with Crippen molar-refractivity contribution in [3.05, 3.63) is 53.5 Å². The van der Waals surface area contributed by atoms with Crippen LogP contribution in [0.25, 0.3) is 0 Å². The van der Waals surface area contributed by atoms with E-state index < -0.39 is 33.8 Å². The van der Waals surface area contributed by atoms with Crippen LogP contribution < -0.4 is 19.7 Å². The normalized spacial score (nSPS) is 17.2. The van der Waals surface area contributed by atoms with E-state index in [1.165, 1.54) is 29.3 Å². The van der Waals surface area contributed by atoms with E-state index in [4.69, 9.17) is 4.74 Å². The van der Waals surface area contributed by atoms with Crippen molar-refractivity contribution >= 4 is 27.8 Å². The van der Waals surface area contributed by atoms with Gasteiger partial charge in [-0.15, -0.1) is 0 Å². The molecule has 0 spiro atoms. The molecule has 0 unspecified atom stereocenters. The van der Waals surface area contributed by atoms with Gasteiger partial charge in [0.1, 0.15) is 12.4 Å². The number of carbonyl (C=O) groups excluding carboxylic acids is 2. The third-order valence-corrected chi connectivity index (χ3v) is 6.98. The van der Waals surface area contributed by atoms with Crippen molar-refractivity contribution in [2.24, 2.45) is 5.92 Å². The Labute approximate surface area is 191 Å². The van der Waals surface area contributed by atoms with Crippen LogP contribution in [-0.2, 0) is 21.2 Å². The number of aryl methyl sites for hydroxylation is 1. The molecule has 11 heteroatoms. The molecule has 1 saturated heterocycles. The maximum absolute atomic E-state index is 14.0. The molecule has 33 heavy (non-hydrogen) atoms. The van der Waals surface area contributed by atoms with Gasteiger partial charge in [-0.2, -0.15) is 0 Å². The van der Waals surface area contributed by atoms with Crippen molar-refractivity contribution in [3.8, 4) is 5.75 Å². The average Bonchev–Trinajstić information content (AvgIpc) is 3.53. The second kappa shape index (κ2) is 9.44. The first-order valence-corrected chi connectivity index (χ1v) is 12.3. The number of sulfonamides is 1. The summed E-state index contributed by atoms with van der Waals surface area (Å²) in [6, 6.07) is 6.44. The lowest BCUT2D eigenvalue weighted by atomic mass is 10.1. The number of nitrogens with one attached hydrogen (secondary N) is 2. The quantitative estimate of drug-likeness (QED) is 0.508. The number of halogens is 1. The summed E-state index contributed by atoms with van der Waals surface area (Å²) >= 11 is 0. The molecule has 1 atom stereocenters. The lowest BCUT2D eigenvalue weighted by Crippen LogP contribution is -2.30. The summed E-state index contributed by atoms with van der Waals surface area (Å²) in [5, 5.41) is 2.17. The number of hydrogen-bond acceptors (Lipinski definition) is 6. The molecule has 2 aromatic rings. The van der Waals surface area contributed by atoms with Gasteiger partial charge in [0.05, 0.1) is 12.4 Å². The van der Waals surface area contributed by atoms with Crippen LogP contribution in [0.2, 0.25) is 0 Å². The van der Waals surface area contributed by atoms with Crippen LogP contribution in [0.4, 0.5) is 15.0 Å². The van der Waals surface area contributed by atoms with Crippen LogP contribution in [0.15, 0.2) is 36.5 Å². The van der Waals surface area contributed by atoms with Gasteiger partial charge in [0.25, 0.3) is 0 Å². The van der Waals surface area contributed by atoms with E-state index in [2.05, 4.69) is 15.0 Å². The van der Waals surface area contributed by atoms with Crippen molar-refractivity contribution < 1.29 is 27.1 Å². The van der Waals surface area contributed by atoms with E-state index in [1.807, 2.05) is 0 Å². The Morgan fingerprint density at radius 3 is 2.76 bits per heavy atom. The Bertz CT molecular complexity index is 1170. The predicted octanol–water partition coefficient (Wildman–Crippen LogP) is 2.29. The zero-order valence-corrected chi connectivity index (χ0v) is 18.9. The summed E-state index contributed by atoms with van der Waals surface area (Å²) in [7, 11) is -3.67. The Hall–Kier alpha value is -3.05. The zero-order valence-electron chi connectivity index (χ0n) is 18.1. The van der Waals surface area contributed by atoms with Crippen LogP contribution in [0.5, 0.6) is 5.75 Å². The molecule has 176 valence electrons. The summed E-state index contributed by atoms with van der Waals surface area (Å²) in [6.07, 6.45) is 3.81. The van der Waals surface area contributed by atoms with Crippen LogP contribution in [-0.4, -0.2) is 44.2 Å². The van der Waals surface area contributed by atoms with Gasteiger partial charge in [-0.1, -0.05) is 6.07 Å². The Kier molecular flexibility index (Phi) is 6.61. The highest BCUT2D eigenvalue weighted by atomic mass is 32.2. The van der Waals surface area contributed by atoms with Gasteiger partial charge in [0, 0.05) is 12.2 Å². The first-order chi connectivity index (χ1) is 15.7. The van der Waals surface area contributed by atoms with Crippen molar-refractivity contribution in [1.29, 1.82) is 0 Å². The first kappa shape index (κ1) is 23.1. The number of aromatic nitrogens is 1. The van der Waals surface area contributed by atoms with Gasteiger partial charge in [0.15, 0.2) is 11.6 Å². The summed E-state index contributed by atoms with van der Waals surface area (Å²) in [5.74, 6) is -0.221. The smallest absolute Gasteiger partial charge is 0.330 e. The number of urea groups is 1. The molecule has 1 saturated carbocycles. The van der Waals surface area contributed by atoms with E-state index in [-0.39, 0.29) is 30.3 Å². The molecule has 1 aliphatic heterocycles. The molecule has 0 radical (unpaired) electrons. The fourth-order valence-electron chi connectivity index (χ4n) is 3.43. The zero-order chi connectivity index (χ0) is 23.6. The standard InChI is InChI=1S/C22H25FN4O5S/c1-14(17-4-5-18(23)19(11-17)32-13-16-2-3-16)26-33(30,31)9-7-15-6-8-24-20(10-15)27-12-21(28)25-22(27)29/h4-6,8,10-11,14,16,26H,2-3,7,9,12-13H2,1H3,(H,25,28,29)/t14-/m1/s1.